The molecular formula is C26H25F3N6O3. The number of rotatable bonds is 7. The number of aromatic nitrogens is 4. The quantitative estimate of drug-likeness (QED) is 0.485. The predicted molar refractivity (Wildman–Crippen MR) is 129 cm³/mol. The fraction of sp³-hybridized carbons (Fsp3) is 0.423. The molecule has 38 heavy (non-hydrogen) atoms. The third kappa shape index (κ3) is 4.70. The van der Waals surface area contributed by atoms with Gasteiger partial charge in [0, 0.05) is 25.4 Å². The van der Waals surface area contributed by atoms with E-state index in [0.29, 0.717) is 48.8 Å². The van der Waals surface area contributed by atoms with Gasteiger partial charge < -0.3 is 15.4 Å². The molecule has 3 heterocycles. The summed E-state index contributed by atoms with van der Waals surface area (Å²) in [6.45, 7) is -0.808. The van der Waals surface area contributed by atoms with Crippen LogP contribution in [0.2, 0.25) is 0 Å². The lowest BCUT2D eigenvalue weighted by Gasteiger charge is -2.35. The van der Waals surface area contributed by atoms with Gasteiger partial charge in [-0.3, -0.25) is 9.59 Å². The summed E-state index contributed by atoms with van der Waals surface area (Å²) in [5.74, 6) is 0.160. The van der Waals surface area contributed by atoms with E-state index in [1.54, 1.807) is 22.9 Å². The number of carbonyl (C=O) groups excluding carboxylic acids is 2. The number of nitrogens with zero attached hydrogens (tertiary/aromatic N) is 4. The van der Waals surface area contributed by atoms with Gasteiger partial charge in [0.05, 0.1) is 11.2 Å². The number of hydrogen-bond donors (Lipinski definition) is 2. The molecule has 1 fully saturated rings. The second-order valence-electron chi connectivity index (χ2n) is 10.1. The number of benzene rings is 1. The van der Waals surface area contributed by atoms with Crippen molar-refractivity contribution in [2.75, 3.05) is 11.9 Å². The SMILES string of the molecule is O=C(Nc1c2c(nn1CCC1CC1)C[C@]1(CCc3cc(OCC(F)(F)F)ccc31)NC2=O)c1ncccn1. The number of nitrogens with one attached hydrogen (secondary N) is 2. The lowest BCUT2D eigenvalue weighted by Crippen LogP contribution is -2.49. The lowest BCUT2D eigenvalue weighted by atomic mass is 9.82. The molecule has 198 valence electrons. The molecule has 1 spiro atoms. The first-order valence-corrected chi connectivity index (χ1v) is 12.5. The predicted octanol–water partition coefficient (Wildman–Crippen LogP) is 3.79. The van der Waals surface area contributed by atoms with E-state index >= 15 is 0 Å². The van der Waals surface area contributed by atoms with Crippen LogP contribution in [0.3, 0.4) is 0 Å². The Morgan fingerprint density at radius 2 is 2.03 bits per heavy atom. The number of anilines is 1. The second-order valence-corrected chi connectivity index (χ2v) is 10.1. The molecule has 1 aromatic carbocycles. The molecule has 12 heteroatoms. The molecule has 3 aromatic rings. The van der Waals surface area contributed by atoms with Crippen LogP contribution in [-0.4, -0.2) is 44.3 Å². The van der Waals surface area contributed by atoms with Crippen LogP contribution in [0.1, 0.15) is 63.5 Å². The third-order valence-corrected chi connectivity index (χ3v) is 7.34. The van der Waals surface area contributed by atoms with Gasteiger partial charge in [0.1, 0.15) is 17.1 Å². The molecule has 2 N–H and O–H groups in total. The van der Waals surface area contributed by atoms with E-state index < -0.39 is 24.2 Å². The minimum Gasteiger partial charge on any atom is -0.484 e. The molecular weight excluding hydrogens is 501 g/mol. The summed E-state index contributed by atoms with van der Waals surface area (Å²) in [6, 6.07) is 6.44. The van der Waals surface area contributed by atoms with E-state index in [2.05, 4.69) is 20.6 Å². The van der Waals surface area contributed by atoms with Crippen LogP contribution >= 0.6 is 0 Å². The lowest BCUT2D eigenvalue weighted by molar-refractivity contribution is -0.153. The van der Waals surface area contributed by atoms with Gasteiger partial charge in [0.2, 0.25) is 5.82 Å². The average Bonchev–Trinajstić information content (AvgIpc) is 3.58. The summed E-state index contributed by atoms with van der Waals surface area (Å²) in [5, 5.41) is 10.7. The van der Waals surface area contributed by atoms with Crippen molar-refractivity contribution in [1.29, 1.82) is 0 Å². The van der Waals surface area contributed by atoms with Crippen molar-refractivity contribution >= 4 is 17.6 Å². The zero-order chi connectivity index (χ0) is 26.5. The summed E-state index contributed by atoms with van der Waals surface area (Å²) in [4.78, 5) is 34.4. The summed E-state index contributed by atoms with van der Waals surface area (Å²) in [7, 11) is 0. The van der Waals surface area contributed by atoms with Crippen LogP contribution in [-0.2, 0) is 24.9 Å². The first kappa shape index (κ1) is 24.4. The Balaban J connectivity index is 1.30. The van der Waals surface area contributed by atoms with Gasteiger partial charge in [0.25, 0.3) is 11.8 Å². The Kier molecular flexibility index (Phi) is 5.84. The molecule has 9 nitrogen and oxygen atoms in total. The van der Waals surface area contributed by atoms with Crippen LogP contribution in [0, 0.1) is 5.92 Å². The van der Waals surface area contributed by atoms with Gasteiger partial charge in [-0.15, -0.1) is 0 Å². The maximum absolute atomic E-state index is 13.5. The van der Waals surface area contributed by atoms with Crippen LogP contribution in [0.25, 0.3) is 0 Å². The molecule has 0 saturated heterocycles. The average molecular weight is 527 g/mol. The molecule has 1 saturated carbocycles. The number of alkyl halides is 3. The van der Waals surface area contributed by atoms with Crippen LogP contribution in [0.15, 0.2) is 36.7 Å². The Hall–Kier alpha value is -3.96. The van der Waals surface area contributed by atoms with E-state index in [9.17, 15) is 22.8 Å². The molecule has 3 aliphatic rings. The van der Waals surface area contributed by atoms with Gasteiger partial charge in [-0.05, 0) is 54.5 Å². The first-order chi connectivity index (χ1) is 18.2. The van der Waals surface area contributed by atoms with E-state index in [-0.39, 0.29) is 17.5 Å². The van der Waals surface area contributed by atoms with Crippen LogP contribution < -0.4 is 15.4 Å². The number of aryl methyl sites for hydroxylation is 2. The van der Waals surface area contributed by atoms with Crippen molar-refractivity contribution in [3.8, 4) is 5.75 Å². The number of halogens is 3. The van der Waals surface area contributed by atoms with E-state index in [1.807, 2.05) is 0 Å². The van der Waals surface area contributed by atoms with Crippen molar-refractivity contribution in [3.63, 3.8) is 0 Å². The van der Waals surface area contributed by atoms with Crippen molar-refractivity contribution in [3.05, 3.63) is 64.9 Å². The molecule has 1 aliphatic heterocycles. The minimum atomic E-state index is -4.42. The third-order valence-electron chi connectivity index (χ3n) is 7.34. The number of ether oxygens (including phenoxy) is 1. The van der Waals surface area contributed by atoms with Gasteiger partial charge >= 0.3 is 6.18 Å². The van der Waals surface area contributed by atoms with Gasteiger partial charge in [-0.2, -0.15) is 18.3 Å². The molecule has 1 atom stereocenters. The van der Waals surface area contributed by atoms with Crippen molar-refractivity contribution < 1.29 is 27.5 Å². The molecule has 2 aliphatic carbocycles. The largest absolute Gasteiger partial charge is 0.484 e. The van der Waals surface area contributed by atoms with Crippen molar-refractivity contribution in [2.24, 2.45) is 5.92 Å². The highest BCUT2D eigenvalue weighted by atomic mass is 19.4. The molecule has 6 rings (SSSR count). The minimum absolute atomic E-state index is 0.0165. The number of carbonyl (C=O) groups is 2. The standard InChI is InChI=1S/C26H25F3N6O3/c27-26(28,29)14-38-17-4-5-18-16(12-17)6-8-25(18)13-19-20(23(36)33-25)22(35(34-19)11-7-15-2-3-15)32-24(37)21-30-9-1-10-31-21/h1,4-5,9-10,12,15H,2-3,6-8,11,13-14H2,(H,32,37)(H,33,36)/t25-/m0/s1. The van der Waals surface area contributed by atoms with E-state index in [0.717, 1.165) is 30.4 Å². The summed E-state index contributed by atoms with van der Waals surface area (Å²) in [6.07, 6.45) is 3.27. The Morgan fingerprint density at radius 1 is 1.24 bits per heavy atom. The monoisotopic (exact) mass is 526 g/mol. The Morgan fingerprint density at radius 3 is 2.76 bits per heavy atom. The summed E-state index contributed by atoms with van der Waals surface area (Å²) in [5.41, 5.74) is 1.82. The Bertz CT molecular complexity index is 1400. The smallest absolute Gasteiger partial charge is 0.422 e. The normalized spacial score (nSPS) is 20.1. The number of fused-ring (bicyclic) bond motifs is 3. The Labute approximate surface area is 215 Å². The van der Waals surface area contributed by atoms with Crippen LogP contribution in [0.4, 0.5) is 19.0 Å². The molecule has 0 radical (unpaired) electrons. The molecule has 0 unspecified atom stereocenters. The van der Waals surface area contributed by atoms with Crippen molar-refractivity contribution in [2.45, 2.75) is 56.8 Å². The first-order valence-electron chi connectivity index (χ1n) is 12.5. The summed E-state index contributed by atoms with van der Waals surface area (Å²) < 4.78 is 44.3. The molecule has 2 amide bonds. The maximum atomic E-state index is 13.5. The van der Waals surface area contributed by atoms with Gasteiger partial charge in [0.15, 0.2) is 6.61 Å². The fourth-order valence-electron chi connectivity index (χ4n) is 5.36. The highest BCUT2D eigenvalue weighted by Crippen LogP contribution is 2.44. The molecule has 2 aromatic heterocycles. The molecule has 0 bridgehead atoms. The number of amides is 2. The number of hydrogen-bond acceptors (Lipinski definition) is 6. The second kappa shape index (κ2) is 9.10. The van der Waals surface area contributed by atoms with E-state index in [1.165, 1.54) is 18.5 Å². The van der Waals surface area contributed by atoms with E-state index in [4.69, 9.17) is 9.84 Å². The van der Waals surface area contributed by atoms with Crippen LogP contribution in [0.5, 0.6) is 5.75 Å². The highest BCUT2D eigenvalue weighted by molar-refractivity contribution is 6.08. The zero-order valence-electron chi connectivity index (χ0n) is 20.3. The summed E-state index contributed by atoms with van der Waals surface area (Å²) >= 11 is 0. The zero-order valence-corrected chi connectivity index (χ0v) is 20.3. The maximum Gasteiger partial charge on any atom is 0.422 e. The fourth-order valence-corrected chi connectivity index (χ4v) is 5.36. The van der Waals surface area contributed by atoms with Crippen molar-refractivity contribution in [1.82, 2.24) is 25.1 Å². The highest BCUT2D eigenvalue weighted by Gasteiger charge is 2.47. The van der Waals surface area contributed by atoms with Gasteiger partial charge in [-0.25, -0.2) is 14.6 Å². The van der Waals surface area contributed by atoms with Gasteiger partial charge in [-0.1, -0.05) is 18.9 Å². The topological polar surface area (TPSA) is 111 Å².